The average Bonchev–Trinajstić information content (AvgIpc) is 3.05. The lowest BCUT2D eigenvalue weighted by Gasteiger charge is -2.45. The summed E-state index contributed by atoms with van der Waals surface area (Å²) in [6.45, 7) is 0.781. The highest BCUT2D eigenvalue weighted by atomic mass is 32.2. The number of ether oxygens (including phenoxy) is 1. The highest BCUT2D eigenvalue weighted by Crippen LogP contribution is 2.57. The Hall–Kier alpha value is -0.860. The highest BCUT2D eigenvalue weighted by molar-refractivity contribution is 8.21. The molecule has 2 aliphatic heterocycles. The van der Waals surface area contributed by atoms with Gasteiger partial charge in [0.15, 0.2) is 0 Å². The SMILES string of the molecule is COC(=O)C[C@H]1[C@H](c2ccc(C(F)(F)F)cc2)NCCC12SCCS2. The minimum atomic E-state index is -4.34. The van der Waals surface area contributed by atoms with Gasteiger partial charge in [-0.25, -0.2) is 0 Å². The van der Waals surface area contributed by atoms with E-state index >= 15 is 0 Å². The van der Waals surface area contributed by atoms with Crippen LogP contribution in [0.15, 0.2) is 24.3 Å². The third-order valence-electron chi connectivity index (χ3n) is 4.79. The summed E-state index contributed by atoms with van der Waals surface area (Å²) in [6, 6.07) is 5.11. The van der Waals surface area contributed by atoms with Crippen molar-refractivity contribution >= 4 is 29.5 Å². The first-order valence-corrected chi connectivity index (χ1v) is 10.1. The van der Waals surface area contributed by atoms with E-state index in [9.17, 15) is 18.0 Å². The van der Waals surface area contributed by atoms with E-state index in [4.69, 9.17) is 4.74 Å². The molecule has 25 heavy (non-hydrogen) atoms. The zero-order valence-electron chi connectivity index (χ0n) is 13.8. The molecule has 2 aliphatic rings. The lowest BCUT2D eigenvalue weighted by molar-refractivity contribution is -0.142. The summed E-state index contributed by atoms with van der Waals surface area (Å²) in [5.41, 5.74) is 0.130. The maximum Gasteiger partial charge on any atom is 0.416 e. The molecule has 0 radical (unpaired) electrons. The predicted molar refractivity (Wildman–Crippen MR) is 94.6 cm³/mol. The summed E-state index contributed by atoms with van der Waals surface area (Å²) in [5, 5.41) is 3.41. The van der Waals surface area contributed by atoms with Crippen LogP contribution in [0.4, 0.5) is 13.2 Å². The molecule has 0 amide bonds. The molecular formula is C17H20F3NO2S2. The predicted octanol–water partition coefficient (Wildman–Crippen LogP) is 4.10. The molecule has 2 heterocycles. The quantitative estimate of drug-likeness (QED) is 0.786. The Morgan fingerprint density at radius 1 is 1.28 bits per heavy atom. The van der Waals surface area contributed by atoms with Crippen molar-refractivity contribution in [3.05, 3.63) is 35.4 Å². The number of thioether (sulfide) groups is 2. The first kappa shape index (κ1) is 18.9. The van der Waals surface area contributed by atoms with Gasteiger partial charge in [-0.1, -0.05) is 12.1 Å². The molecule has 2 fully saturated rings. The summed E-state index contributed by atoms with van der Waals surface area (Å²) in [5.74, 6) is 1.76. The third kappa shape index (κ3) is 3.95. The molecule has 2 saturated heterocycles. The maximum atomic E-state index is 12.8. The van der Waals surface area contributed by atoms with Crippen LogP contribution in [0.1, 0.15) is 30.0 Å². The first-order valence-electron chi connectivity index (χ1n) is 8.11. The summed E-state index contributed by atoms with van der Waals surface area (Å²) < 4.78 is 43.2. The van der Waals surface area contributed by atoms with Gasteiger partial charge in [0.05, 0.1) is 23.2 Å². The van der Waals surface area contributed by atoms with Crippen molar-refractivity contribution in [3.63, 3.8) is 0 Å². The molecule has 0 aromatic heterocycles. The van der Waals surface area contributed by atoms with Crippen molar-refractivity contribution in [2.75, 3.05) is 25.2 Å². The number of halogens is 3. The maximum absolute atomic E-state index is 12.8. The number of hydrogen-bond acceptors (Lipinski definition) is 5. The number of methoxy groups -OCH3 is 1. The zero-order chi connectivity index (χ0) is 18.1. The van der Waals surface area contributed by atoms with E-state index in [1.807, 2.05) is 23.5 Å². The largest absolute Gasteiger partial charge is 0.469 e. The summed E-state index contributed by atoms with van der Waals surface area (Å²) in [7, 11) is 1.37. The van der Waals surface area contributed by atoms with Crippen molar-refractivity contribution in [3.8, 4) is 0 Å². The molecule has 8 heteroatoms. The van der Waals surface area contributed by atoms with Gasteiger partial charge in [0.25, 0.3) is 0 Å². The first-order chi connectivity index (χ1) is 11.9. The fourth-order valence-electron chi connectivity index (χ4n) is 3.58. The second-order valence-corrected chi connectivity index (χ2v) is 9.31. The Morgan fingerprint density at radius 2 is 1.92 bits per heavy atom. The minimum Gasteiger partial charge on any atom is -0.469 e. The van der Waals surface area contributed by atoms with Crippen molar-refractivity contribution in [1.82, 2.24) is 5.32 Å². The van der Waals surface area contributed by atoms with E-state index in [0.717, 1.165) is 42.2 Å². The van der Waals surface area contributed by atoms with Crippen LogP contribution in [-0.4, -0.2) is 35.2 Å². The average molecular weight is 391 g/mol. The summed E-state index contributed by atoms with van der Waals surface area (Å²) >= 11 is 3.73. The standard InChI is InChI=1S/C17H20F3NO2S2/c1-23-14(22)10-13-15(21-7-6-16(13)24-8-9-25-16)11-2-4-12(5-3-11)17(18,19)20/h2-5,13,15,21H,6-10H2,1H3/t13-,15-/m0/s1. The molecule has 3 nitrogen and oxygen atoms in total. The summed E-state index contributed by atoms with van der Waals surface area (Å²) in [6.07, 6.45) is -3.15. The van der Waals surface area contributed by atoms with Gasteiger partial charge in [0, 0.05) is 23.5 Å². The van der Waals surface area contributed by atoms with E-state index in [0.29, 0.717) is 0 Å². The van der Waals surface area contributed by atoms with Crippen LogP contribution < -0.4 is 5.32 Å². The molecule has 0 bridgehead atoms. The molecule has 138 valence electrons. The Labute approximate surface area is 153 Å². The number of alkyl halides is 3. The van der Waals surface area contributed by atoms with Gasteiger partial charge in [-0.15, -0.1) is 23.5 Å². The fraction of sp³-hybridized carbons (Fsp3) is 0.588. The molecule has 0 unspecified atom stereocenters. The molecular weight excluding hydrogens is 371 g/mol. The smallest absolute Gasteiger partial charge is 0.416 e. The van der Waals surface area contributed by atoms with Gasteiger partial charge in [-0.05, 0) is 30.7 Å². The van der Waals surface area contributed by atoms with Gasteiger partial charge >= 0.3 is 12.1 Å². The lowest BCUT2D eigenvalue weighted by atomic mass is 9.83. The van der Waals surface area contributed by atoms with E-state index in [2.05, 4.69) is 5.32 Å². The number of hydrogen-bond donors (Lipinski definition) is 1. The van der Waals surface area contributed by atoms with Gasteiger partial charge in [-0.2, -0.15) is 13.2 Å². The number of nitrogens with one attached hydrogen (secondary N) is 1. The molecule has 2 atom stereocenters. The van der Waals surface area contributed by atoms with Gasteiger partial charge < -0.3 is 10.1 Å². The van der Waals surface area contributed by atoms with Crippen molar-refractivity contribution in [2.24, 2.45) is 5.92 Å². The van der Waals surface area contributed by atoms with Gasteiger partial charge in [0.1, 0.15) is 0 Å². The van der Waals surface area contributed by atoms with Crippen molar-refractivity contribution < 1.29 is 22.7 Å². The monoisotopic (exact) mass is 391 g/mol. The summed E-state index contributed by atoms with van der Waals surface area (Å²) in [4.78, 5) is 12.0. The van der Waals surface area contributed by atoms with Crippen LogP contribution in [0, 0.1) is 5.92 Å². The number of benzene rings is 1. The Bertz CT molecular complexity index is 615. The number of carbonyl (C=O) groups excluding carboxylic acids is 1. The fourth-order valence-corrected chi connectivity index (χ4v) is 7.13. The molecule has 1 spiro atoms. The normalized spacial score (nSPS) is 25.9. The lowest BCUT2D eigenvalue weighted by Crippen LogP contribution is -2.48. The number of esters is 1. The second-order valence-electron chi connectivity index (χ2n) is 6.20. The van der Waals surface area contributed by atoms with Crippen molar-refractivity contribution in [2.45, 2.75) is 29.1 Å². The topological polar surface area (TPSA) is 38.3 Å². The Balaban J connectivity index is 1.90. The highest BCUT2D eigenvalue weighted by Gasteiger charge is 2.50. The van der Waals surface area contributed by atoms with Gasteiger partial charge in [-0.3, -0.25) is 4.79 Å². The van der Waals surface area contributed by atoms with Crippen LogP contribution >= 0.6 is 23.5 Å². The van der Waals surface area contributed by atoms with Crippen LogP contribution in [0.2, 0.25) is 0 Å². The van der Waals surface area contributed by atoms with E-state index in [1.54, 1.807) is 0 Å². The van der Waals surface area contributed by atoms with E-state index < -0.39 is 11.7 Å². The molecule has 1 aromatic rings. The molecule has 0 aliphatic carbocycles. The van der Waals surface area contributed by atoms with E-state index in [-0.39, 0.29) is 28.4 Å². The van der Waals surface area contributed by atoms with Crippen LogP contribution in [0.25, 0.3) is 0 Å². The Kier molecular flexibility index (Phi) is 5.60. The van der Waals surface area contributed by atoms with Crippen LogP contribution in [-0.2, 0) is 15.7 Å². The number of rotatable bonds is 3. The van der Waals surface area contributed by atoms with Gasteiger partial charge in [0.2, 0.25) is 0 Å². The molecule has 1 N–H and O–H groups in total. The second kappa shape index (κ2) is 7.40. The van der Waals surface area contributed by atoms with Crippen molar-refractivity contribution in [1.29, 1.82) is 0 Å². The van der Waals surface area contributed by atoms with E-state index in [1.165, 1.54) is 19.2 Å². The molecule has 1 aromatic carbocycles. The zero-order valence-corrected chi connectivity index (χ0v) is 15.4. The number of carbonyl (C=O) groups is 1. The number of piperidine rings is 1. The third-order valence-corrected chi connectivity index (χ3v) is 8.57. The Morgan fingerprint density at radius 3 is 2.48 bits per heavy atom. The molecule has 0 saturated carbocycles. The van der Waals surface area contributed by atoms with Crippen LogP contribution in [0.5, 0.6) is 0 Å². The molecule has 3 rings (SSSR count). The van der Waals surface area contributed by atoms with Crippen LogP contribution in [0.3, 0.4) is 0 Å². The minimum absolute atomic E-state index is 0.0251.